The second kappa shape index (κ2) is 6.91. The number of nitrogens with zero attached hydrogens (tertiary/aromatic N) is 3. The van der Waals surface area contributed by atoms with Crippen LogP contribution in [0.5, 0.6) is 5.75 Å². The molecule has 0 unspecified atom stereocenters. The van der Waals surface area contributed by atoms with Crippen LogP contribution in [-0.2, 0) is 16.1 Å². The Labute approximate surface area is 137 Å². The van der Waals surface area contributed by atoms with E-state index in [1.54, 1.807) is 30.3 Å². The Kier molecular flexibility index (Phi) is 4.51. The first-order valence-electron chi connectivity index (χ1n) is 7.28. The smallest absolute Gasteiger partial charge is 0.328 e. The van der Waals surface area contributed by atoms with Gasteiger partial charge in [-0.15, -0.1) is 5.10 Å². The van der Waals surface area contributed by atoms with Gasteiger partial charge in [0.2, 0.25) is 0 Å². The molecule has 3 aromatic rings. The molecule has 7 nitrogen and oxygen atoms in total. The number of esters is 1. The molecule has 0 radical (unpaired) electrons. The van der Waals surface area contributed by atoms with Crippen molar-refractivity contribution in [2.45, 2.75) is 6.54 Å². The van der Waals surface area contributed by atoms with E-state index in [1.165, 1.54) is 11.8 Å². The van der Waals surface area contributed by atoms with Crippen molar-refractivity contribution >= 4 is 22.8 Å². The van der Waals surface area contributed by atoms with Gasteiger partial charge in [0, 0.05) is 5.56 Å². The average molecular weight is 325 g/mol. The number of carbonyl (C=O) groups excluding carboxylic acids is 2. The van der Waals surface area contributed by atoms with Crippen LogP contribution in [0.2, 0.25) is 0 Å². The van der Waals surface area contributed by atoms with Crippen LogP contribution in [0.4, 0.5) is 0 Å². The molecule has 2 aromatic carbocycles. The summed E-state index contributed by atoms with van der Waals surface area (Å²) >= 11 is 0. The van der Waals surface area contributed by atoms with Crippen LogP contribution < -0.4 is 4.74 Å². The van der Waals surface area contributed by atoms with Gasteiger partial charge in [0.1, 0.15) is 17.8 Å². The van der Waals surface area contributed by atoms with Crippen LogP contribution in [0.25, 0.3) is 11.0 Å². The predicted molar refractivity (Wildman–Crippen MR) is 85.8 cm³/mol. The zero-order valence-electron chi connectivity index (χ0n) is 13.0. The Bertz CT molecular complexity index is 888. The van der Waals surface area contributed by atoms with Gasteiger partial charge >= 0.3 is 5.97 Å². The molecular weight excluding hydrogens is 310 g/mol. The summed E-state index contributed by atoms with van der Waals surface area (Å²) in [6.07, 6.45) is 0. The summed E-state index contributed by atoms with van der Waals surface area (Å²) in [6, 6.07) is 14.0. The van der Waals surface area contributed by atoms with Gasteiger partial charge < -0.3 is 9.47 Å². The molecule has 0 amide bonds. The van der Waals surface area contributed by atoms with Crippen molar-refractivity contribution < 1.29 is 19.1 Å². The van der Waals surface area contributed by atoms with Gasteiger partial charge in [-0.3, -0.25) is 9.59 Å². The second-order valence-electron chi connectivity index (χ2n) is 5.05. The lowest BCUT2D eigenvalue weighted by Crippen LogP contribution is -2.19. The monoisotopic (exact) mass is 325 g/mol. The summed E-state index contributed by atoms with van der Waals surface area (Å²) < 4.78 is 11.5. The molecule has 0 fully saturated rings. The van der Waals surface area contributed by atoms with E-state index in [-0.39, 0.29) is 18.9 Å². The van der Waals surface area contributed by atoms with Gasteiger partial charge in [-0.2, -0.15) is 0 Å². The zero-order chi connectivity index (χ0) is 16.9. The van der Waals surface area contributed by atoms with Gasteiger partial charge in [-0.05, 0) is 24.3 Å². The Balaban J connectivity index is 1.60. The van der Waals surface area contributed by atoms with Crippen molar-refractivity contribution in [1.82, 2.24) is 15.0 Å². The number of aromatic nitrogens is 3. The molecule has 1 heterocycles. The quantitative estimate of drug-likeness (QED) is 0.508. The highest BCUT2D eigenvalue weighted by Gasteiger charge is 2.13. The maximum Gasteiger partial charge on any atom is 0.328 e. The highest BCUT2D eigenvalue weighted by molar-refractivity contribution is 5.98. The van der Waals surface area contributed by atoms with Crippen LogP contribution in [0, 0.1) is 0 Å². The number of methoxy groups -OCH3 is 1. The fraction of sp³-hybridized carbons (Fsp3) is 0.176. The molecular formula is C17H15N3O4. The maximum absolute atomic E-state index is 12.1. The van der Waals surface area contributed by atoms with Crippen LogP contribution in [0.15, 0.2) is 48.5 Å². The van der Waals surface area contributed by atoms with Gasteiger partial charge in [0.05, 0.1) is 12.6 Å². The summed E-state index contributed by atoms with van der Waals surface area (Å²) in [5, 5.41) is 7.87. The third-order valence-corrected chi connectivity index (χ3v) is 3.46. The number of ether oxygens (including phenoxy) is 2. The minimum atomic E-state index is -0.554. The summed E-state index contributed by atoms with van der Waals surface area (Å²) in [5.41, 5.74) is 1.85. The summed E-state index contributed by atoms with van der Waals surface area (Å²) in [6.45, 7) is -0.440. The SMILES string of the molecule is COc1cccc(C(=O)COC(=O)Cn2nnc3ccccc32)c1. The number of Topliss-reactive ketones (excluding diaryl/α,β-unsaturated/α-hetero) is 1. The standard InChI is InChI=1S/C17H15N3O4/c1-23-13-6-4-5-12(9-13)16(21)11-24-17(22)10-20-15-8-3-2-7-14(15)18-19-20/h2-9H,10-11H2,1H3. The second-order valence-corrected chi connectivity index (χ2v) is 5.05. The molecule has 122 valence electrons. The number of carbonyl (C=O) groups is 2. The van der Waals surface area contributed by atoms with Crippen LogP contribution in [-0.4, -0.2) is 40.5 Å². The first kappa shape index (κ1) is 15.7. The van der Waals surface area contributed by atoms with Crippen molar-refractivity contribution in [1.29, 1.82) is 0 Å². The Morgan fingerprint density at radius 3 is 2.79 bits per heavy atom. The van der Waals surface area contributed by atoms with Crippen molar-refractivity contribution in [2.75, 3.05) is 13.7 Å². The lowest BCUT2D eigenvalue weighted by Gasteiger charge is -2.06. The van der Waals surface area contributed by atoms with Crippen molar-refractivity contribution in [3.63, 3.8) is 0 Å². The van der Waals surface area contributed by atoms with E-state index in [0.29, 0.717) is 16.8 Å². The average Bonchev–Trinajstić information content (AvgIpc) is 3.03. The number of hydrogen-bond donors (Lipinski definition) is 0. The maximum atomic E-state index is 12.1. The fourth-order valence-corrected chi connectivity index (χ4v) is 2.23. The molecule has 3 rings (SSSR count). The van der Waals surface area contributed by atoms with E-state index >= 15 is 0 Å². The van der Waals surface area contributed by atoms with Gasteiger partial charge in [-0.25, -0.2) is 4.68 Å². The van der Waals surface area contributed by atoms with E-state index < -0.39 is 5.97 Å². The molecule has 0 saturated carbocycles. The van der Waals surface area contributed by atoms with E-state index in [1.807, 2.05) is 18.2 Å². The van der Waals surface area contributed by atoms with E-state index in [4.69, 9.17) is 9.47 Å². The molecule has 0 N–H and O–H groups in total. The van der Waals surface area contributed by atoms with Crippen LogP contribution in [0.1, 0.15) is 10.4 Å². The van der Waals surface area contributed by atoms with Crippen molar-refractivity contribution in [3.8, 4) is 5.75 Å². The molecule has 1 aromatic heterocycles. The van der Waals surface area contributed by atoms with E-state index in [2.05, 4.69) is 10.3 Å². The number of hydrogen-bond acceptors (Lipinski definition) is 6. The first-order chi connectivity index (χ1) is 11.7. The van der Waals surface area contributed by atoms with Gasteiger partial charge in [-0.1, -0.05) is 29.5 Å². The molecule has 0 atom stereocenters. The van der Waals surface area contributed by atoms with Crippen molar-refractivity contribution in [2.24, 2.45) is 0 Å². The summed E-state index contributed by atoms with van der Waals surface area (Å²) in [5.74, 6) is -0.283. The number of para-hydroxylation sites is 1. The van der Waals surface area contributed by atoms with E-state index in [9.17, 15) is 9.59 Å². The summed E-state index contributed by atoms with van der Waals surface area (Å²) in [4.78, 5) is 24.0. The number of rotatable bonds is 6. The Hall–Kier alpha value is -3.22. The number of fused-ring (bicyclic) bond motifs is 1. The fourth-order valence-electron chi connectivity index (χ4n) is 2.23. The minimum Gasteiger partial charge on any atom is -0.497 e. The molecule has 0 saturated heterocycles. The third-order valence-electron chi connectivity index (χ3n) is 3.46. The molecule has 0 bridgehead atoms. The van der Waals surface area contributed by atoms with Crippen LogP contribution >= 0.6 is 0 Å². The predicted octanol–water partition coefficient (Wildman–Crippen LogP) is 1.87. The first-order valence-corrected chi connectivity index (χ1v) is 7.28. The molecule has 24 heavy (non-hydrogen) atoms. The summed E-state index contributed by atoms with van der Waals surface area (Å²) in [7, 11) is 1.52. The molecule has 7 heteroatoms. The van der Waals surface area contributed by atoms with Crippen LogP contribution in [0.3, 0.4) is 0 Å². The number of benzene rings is 2. The number of ketones is 1. The van der Waals surface area contributed by atoms with Gasteiger partial charge in [0.25, 0.3) is 0 Å². The lowest BCUT2D eigenvalue weighted by atomic mass is 10.1. The normalized spacial score (nSPS) is 10.5. The van der Waals surface area contributed by atoms with Gasteiger partial charge in [0.15, 0.2) is 12.4 Å². The Morgan fingerprint density at radius 2 is 1.96 bits per heavy atom. The minimum absolute atomic E-state index is 0.105. The highest BCUT2D eigenvalue weighted by atomic mass is 16.5. The molecule has 0 spiro atoms. The lowest BCUT2D eigenvalue weighted by molar-refractivity contribution is -0.143. The zero-order valence-corrected chi connectivity index (χ0v) is 13.0. The van der Waals surface area contributed by atoms with E-state index in [0.717, 1.165) is 5.52 Å². The largest absolute Gasteiger partial charge is 0.497 e. The van der Waals surface area contributed by atoms with Crippen molar-refractivity contribution in [3.05, 3.63) is 54.1 Å². The molecule has 0 aliphatic heterocycles. The Morgan fingerprint density at radius 1 is 1.12 bits per heavy atom. The molecule has 0 aliphatic carbocycles. The highest BCUT2D eigenvalue weighted by Crippen LogP contribution is 2.13. The molecule has 0 aliphatic rings. The topological polar surface area (TPSA) is 83.3 Å². The third kappa shape index (κ3) is 3.40.